The van der Waals surface area contributed by atoms with Crippen LogP contribution in [0.4, 0.5) is 0 Å². The van der Waals surface area contributed by atoms with E-state index < -0.39 is 0 Å². The topological polar surface area (TPSA) is 36.4 Å². The summed E-state index contributed by atoms with van der Waals surface area (Å²) in [4.78, 5) is 23.9. The molecule has 1 saturated carbocycles. The SMILES string of the molecule is CCCCC1CCC(C(=O)N2CCN(Cc3nc4c(s3)CCC4)CC2)CC1. The van der Waals surface area contributed by atoms with E-state index in [2.05, 4.69) is 16.7 Å². The zero-order valence-electron chi connectivity index (χ0n) is 16.9. The van der Waals surface area contributed by atoms with Gasteiger partial charge in [0.2, 0.25) is 5.91 Å². The Morgan fingerprint density at radius 2 is 1.89 bits per heavy atom. The third-order valence-corrected chi connectivity index (χ3v) is 7.99. The van der Waals surface area contributed by atoms with Gasteiger partial charge in [0.1, 0.15) is 5.01 Å². The molecule has 27 heavy (non-hydrogen) atoms. The minimum absolute atomic E-state index is 0.302. The van der Waals surface area contributed by atoms with Crippen LogP contribution in [-0.2, 0) is 24.2 Å². The zero-order chi connectivity index (χ0) is 18.6. The van der Waals surface area contributed by atoms with Gasteiger partial charge in [-0.1, -0.05) is 26.2 Å². The Hall–Kier alpha value is -0.940. The van der Waals surface area contributed by atoms with E-state index >= 15 is 0 Å². The standard InChI is InChI=1S/C22H35N3OS/c1-2-3-5-17-8-10-18(11-9-17)22(26)25-14-12-24(13-15-25)16-21-23-19-6-4-7-20(19)27-21/h17-18H,2-16H2,1H3. The number of piperazine rings is 1. The predicted molar refractivity (Wildman–Crippen MR) is 111 cm³/mol. The van der Waals surface area contributed by atoms with Crippen LogP contribution in [0.5, 0.6) is 0 Å². The van der Waals surface area contributed by atoms with E-state index in [9.17, 15) is 4.79 Å². The Morgan fingerprint density at radius 3 is 2.59 bits per heavy atom. The van der Waals surface area contributed by atoms with Gasteiger partial charge < -0.3 is 4.90 Å². The Labute approximate surface area is 168 Å². The van der Waals surface area contributed by atoms with Crippen LogP contribution in [0, 0.1) is 11.8 Å². The van der Waals surface area contributed by atoms with Gasteiger partial charge in [0.15, 0.2) is 0 Å². The number of aromatic nitrogens is 1. The van der Waals surface area contributed by atoms with Gasteiger partial charge >= 0.3 is 0 Å². The van der Waals surface area contributed by atoms with E-state index in [-0.39, 0.29) is 0 Å². The molecule has 1 aromatic rings. The lowest BCUT2D eigenvalue weighted by Gasteiger charge is -2.37. The first-order valence-corrected chi connectivity index (χ1v) is 12.0. The molecule has 0 atom stereocenters. The number of hydrogen-bond acceptors (Lipinski definition) is 4. The molecule has 0 radical (unpaired) electrons. The van der Waals surface area contributed by atoms with Gasteiger partial charge in [-0.3, -0.25) is 9.69 Å². The molecule has 0 spiro atoms. The summed E-state index contributed by atoms with van der Waals surface area (Å²) >= 11 is 1.92. The smallest absolute Gasteiger partial charge is 0.225 e. The van der Waals surface area contributed by atoms with Gasteiger partial charge in [0, 0.05) is 37.0 Å². The molecule has 1 aliphatic heterocycles. The second-order valence-electron chi connectivity index (χ2n) is 8.79. The van der Waals surface area contributed by atoms with Crippen molar-refractivity contribution >= 4 is 17.2 Å². The Morgan fingerprint density at radius 1 is 1.11 bits per heavy atom. The number of rotatable bonds is 6. The first-order chi connectivity index (χ1) is 13.2. The Balaban J connectivity index is 1.20. The molecule has 1 saturated heterocycles. The molecule has 4 nitrogen and oxygen atoms in total. The van der Waals surface area contributed by atoms with Crippen molar-refractivity contribution in [2.75, 3.05) is 26.2 Å². The summed E-state index contributed by atoms with van der Waals surface area (Å²) in [5.74, 6) is 1.62. The highest BCUT2D eigenvalue weighted by Crippen LogP contribution is 2.33. The van der Waals surface area contributed by atoms with Gasteiger partial charge in [0.05, 0.1) is 12.2 Å². The third kappa shape index (κ3) is 4.73. The molecule has 0 unspecified atom stereocenters. The van der Waals surface area contributed by atoms with E-state index in [0.29, 0.717) is 11.8 Å². The third-order valence-electron chi connectivity index (χ3n) is 6.84. The van der Waals surface area contributed by atoms with Gasteiger partial charge in [-0.05, 0) is 50.9 Å². The fourth-order valence-corrected chi connectivity index (χ4v) is 6.28. The molecule has 0 aromatic carbocycles. The van der Waals surface area contributed by atoms with Gasteiger partial charge in [-0.25, -0.2) is 4.98 Å². The van der Waals surface area contributed by atoms with Crippen molar-refractivity contribution in [2.24, 2.45) is 11.8 Å². The van der Waals surface area contributed by atoms with E-state index in [4.69, 9.17) is 4.98 Å². The van der Waals surface area contributed by atoms with E-state index in [1.165, 1.54) is 66.9 Å². The van der Waals surface area contributed by atoms with Crippen LogP contribution in [0.1, 0.15) is 73.9 Å². The molecular weight excluding hydrogens is 354 g/mol. The van der Waals surface area contributed by atoms with Crippen LogP contribution >= 0.6 is 11.3 Å². The maximum Gasteiger partial charge on any atom is 0.225 e. The van der Waals surface area contributed by atoms with Crippen molar-refractivity contribution < 1.29 is 4.79 Å². The number of unbranched alkanes of at least 4 members (excludes halogenated alkanes) is 1. The molecule has 5 heteroatoms. The summed E-state index contributed by atoms with van der Waals surface area (Å²) in [5, 5.41) is 1.28. The number of nitrogens with zero attached hydrogens (tertiary/aromatic N) is 3. The second kappa shape index (κ2) is 9.04. The second-order valence-corrected chi connectivity index (χ2v) is 9.96. The van der Waals surface area contributed by atoms with Crippen molar-refractivity contribution in [3.63, 3.8) is 0 Å². The largest absolute Gasteiger partial charge is 0.340 e. The van der Waals surface area contributed by atoms with Crippen LogP contribution in [0.3, 0.4) is 0 Å². The normalized spacial score (nSPS) is 26.3. The van der Waals surface area contributed by atoms with E-state index in [1.807, 2.05) is 11.3 Å². The van der Waals surface area contributed by atoms with Crippen molar-refractivity contribution in [1.82, 2.24) is 14.8 Å². The van der Waals surface area contributed by atoms with Crippen molar-refractivity contribution in [2.45, 2.75) is 77.7 Å². The molecular formula is C22H35N3OS. The van der Waals surface area contributed by atoms with Crippen molar-refractivity contribution in [1.29, 1.82) is 0 Å². The molecule has 4 rings (SSSR count). The molecule has 3 aliphatic rings. The van der Waals surface area contributed by atoms with Crippen molar-refractivity contribution in [3.8, 4) is 0 Å². The number of carbonyl (C=O) groups excluding carboxylic acids is 1. The number of thiazole rings is 1. The molecule has 1 amide bonds. The van der Waals surface area contributed by atoms with Crippen LogP contribution in [0.15, 0.2) is 0 Å². The summed E-state index contributed by atoms with van der Waals surface area (Å²) in [6.07, 6.45) is 12.5. The van der Waals surface area contributed by atoms with Crippen molar-refractivity contribution in [3.05, 3.63) is 15.6 Å². The lowest BCUT2D eigenvalue weighted by atomic mass is 9.79. The first kappa shape index (κ1) is 19.4. The number of hydrogen-bond donors (Lipinski definition) is 0. The summed E-state index contributed by atoms with van der Waals surface area (Å²) in [6.45, 7) is 7.06. The summed E-state index contributed by atoms with van der Waals surface area (Å²) in [6, 6.07) is 0. The zero-order valence-corrected chi connectivity index (χ0v) is 17.7. The molecule has 2 aliphatic carbocycles. The minimum Gasteiger partial charge on any atom is -0.340 e. The highest BCUT2D eigenvalue weighted by molar-refractivity contribution is 7.11. The number of amides is 1. The first-order valence-electron chi connectivity index (χ1n) is 11.2. The summed E-state index contributed by atoms with van der Waals surface area (Å²) < 4.78 is 0. The molecule has 150 valence electrons. The maximum atomic E-state index is 12.9. The quantitative estimate of drug-likeness (QED) is 0.729. The summed E-state index contributed by atoms with van der Waals surface area (Å²) in [5.41, 5.74) is 1.36. The molecule has 2 fully saturated rings. The Bertz CT molecular complexity index is 606. The minimum atomic E-state index is 0.302. The lowest BCUT2D eigenvalue weighted by molar-refractivity contribution is -0.138. The summed E-state index contributed by atoms with van der Waals surface area (Å²) in [7, 11) is 0. The number of carbonyl (C=O) groups is 1. The highest BCUT2D eigenvalue weighted by atomic mass is 32.1. The molecule has 1 aromatic heterocycles. The van der Waals surface area contributed by atoms with Gasteiger partial charge in [0.25, 0.3) is 0 Å². The average Bonchev–Trinajstić information content (AvgIpc) is 3.28. The van der Waals surface area contributed by atoms with E-state index in [1.54, 1.807) is 0 Å². The van der Waals surface area contributed by atoms with Crippen LogP contribution < -0.4 is 0 Å². The molecule has 0 N–H and O–H groups in total. The fourth-order valence-electron chi connectivity index (χ4n) is 5.08. The number of aryl methyl sites for hydroxylation is 2. The van der Waals surface area contributed by atoms with Gasteiger partial charge in [-0.15, -0.1) is 11.3 Å². The number of fused-ring (bicyclic) bond motifs is 1. The predicted octanol–water partition coefficient (Wildman–Crippen LogP) is 4.27. The van der Waals surface area contributed by atoms with Gasteiger partial charge in [-0.2, -0.15) is 0 Å². The fraction of sp³-hybridized carbons (Fsp3) is 0.818. The monoisotopic (exact) mass is 389 g/mol. The lowest BCUT2D eigenvalue weighted by Crippen LogP contribution is -2.50. The maximum absolute atomic E-state index is 12.9. The Kier molecular flexibility index (Phi) is 6.49. The highest BCUT2D eigenvalue weighted by Gasteiger charge is 2.31. The average molecular weight is 390 g/mol. The van der Waals surface area contributed by atoms with Crippen LogP contribution in [-0.4, -0.2) is 46.9 Å². The van der Waals surface area contributed by atoms with E-state index in [0.717, 1.165) is 51.5 Å². The molecule has 0 bridgehead atoms. The molecule has 2 heterocycles. The van der Waals surface area contributed by atoms with Crippen LogP contribution in [0.25, 0.3) is 0 Å². The van der Waals surface area contributed by atoms with Crippen LogP contribution in [0.2, 0.25) is 0 Å².